The van der Waals surface area contributed by atoms with Crippen molar-refractivity contribution in [2.45, 2.75) is 116 Å². The van der Waals surface area contributed by atoms with Crippen LogP contribution in [0.25, 0.3) is 18.2 Å². The molecule has 1 aliphatic carbocycles. The van der Waals surface area contributed by atoms with Crippen LogP contribution < -0.4 is 9.47 Å². The number of carboxylic acid groups (broad SMARTS) is 2. The lowest BCUT2D eigenvalue weighted by Crippen LogP contribution is -2.66. The molecule has 1 spiro atoms. The van der Waals surface area contributed by atoms with Crippen molar-refractivity contribution in [2.75, 3.05) is 0 Å². The lowest BCUT2D eigenvalue weighted by Gasteiger charge is -2.50. The van der Waals surface area contributed by atoms with Crippen molar-refractivity contribution in [2.24, 2.45) is 5.92 Å². The van der Waals surface area contributed by atoms with Crippen LogP contribution in [0.1, 0.15) is 120 Å². The van der Waals surface area contributed by atoms with Crippen molar-refractivity contribution < 1.29 is 59.2 Å². The van der Waals surface area contributed by atoms with E-state index in [2.05, 4.69) is 6.08 Å². The molecule has 3 aliphatic heterocycles. The van der Waals surface area contributed by atoms with E-state index >= 15 is 0 Å². The van der Waals surface area contributed by atoms with E-state index in [1.54, 1.807) is 68.5 Å². The van der Waals surface area contributed by atoms with Crippen LogP contribution in [0.3, 0.4) is 0 Å². The number of carbonyl (C=O) groups is 3. The number of fused-ring (bicyclic) bond motifs is 2. The van der Waals surface area contributed by atoms with E-state index in [4.69, 9.17) is 19.3 Å². The number of carbonyl (C=O) groups excluding carboxylic acids is 1. The molecule has 0 saturated carbocycles. The molecular weight excluding hydrogens is 817 g/mol. The Kier molecular flexibility index (Phi) is 13.1. The zero-order valence-electron chi connectivity index (χ0n) is 37.6. The van der Waals surface area contributed by atoms with Gasteiger partial charge in [0.25, 0.3) is 0 Å². The SMILES string of the molecule is CC(C)=CCCC1(C)C=Cc2c(O)c3c(c(CC=C(C)C)c2O1)OC12C(=CCCC1C(C)(C)OC2(CC=C(C)C(=O)O)C(=O)O)C3=O.Oc1ccc(C=Cc2cc(O)cc(O)c2)cc1. The average molecular weight is 875 g/mol. The summed E-state index contributed by atoms with van der Waals surface area (Å²) in [6.07, 6.45) is 16.7. The quantitative estimate of drug-likeness (QED) is 0.0606. The molecule has 3 aromatic carbocycles. The minimum absolute atomic E-state index is 0.0235. The predicted octanol–water partition coefficient (Wildman–Crippen LogP) is 10.5. The number of ether oxygens (including phenoxy) is 3. The molecule has 0 amide bonds. The number of allylic oxidation sites excluding steroid dienone is 5. The maximum absolute atomic E-state index is 14.7. The highest BCUT2D eigenvalue weighted by Gasteiger charge is 2.77. The molecule has 0 bridgehead atoms. The lowest BCUT2D eigenvalue weighted by atomic mass is 9.60. The van der Waals surface area contributed by atoms with Gasteiger partial charge in [0.15, 0.2) is 11.4 Å². The Labute approximate surface area is 373 Å². The Hall–Kier alpha value is -6.53. The molecule has 1 saturated heterocycles. The van der Waals surface area contributed by atoms with Crippen LogP contribution in [-0.2, 0) is 20.7 Å². The van der Waals surface area contributed by atoms with Crippen LogP contribution in [0.2, 0.25) is 0 Å². The third kappa shape index (κ3) is 8.97. The fourth-order valence-corrected chi connectivity index (χ4v) is 9.15. The highest BCUT2D eigenvalue weighted by atomic mass is 16.6. The molecular formula is C52H58O12. The number of hydrogen-bond acceptors (Lipinski definition) is 10. The fourth-order valence-electron chi connectivity index (χ4n) is 9.15. The van der Waals surface area contributed by atoms with Crippen molar-refractivity contribution >= 4 is 35.9 Å². The van der Waals surface area contributed by atoms with Crippen LogP contribution in [0, 0.1) is 5.92 Å². The van der Waals surface area contributed by atoms with Crippen LogP contribution >= 0.6 is 0 Å². The van der Waals surface area contributed by atoms with E-state index in [0.29, 0.717) is 48.1 Å². The van der Waals surface area contributed by atoms with Gasteiger partial charge in [-0.2, -0.15) is 0 Å². The van der Waals surface area contributed by atoms with Crippen LogP contribution in [0.4, 0.5) is 0 Å². The Morgan fingerprint density at radius 1 is 0.797 bits per heavy atom. The van der Waals surface area contributed by atoms with Crippen molar-refractivity contribution in [3.63, 3.8) is 0 Å². The maximum atomic E-state index is 14.7. The average Bonchev–Trinajstić information content (AvgIpc) is 3.41. The third-order valence-electron chi connectivity index (χ3n) is 12.3. The zero-order valence-corrected chi connectivity index (χ0v) is 37.6. The number of aromatic hydroxyl groups is 4. The molecule has 0 radical (unpaired) electrons. The highest BCUT2D eigenvalue weighted by molar-refractivity contribution is 6.17. The lowest BCUT2D eigenvalue weighted by molar-refractivity contribution is -0.184. The van der Waals surface area contributed by atoms with Crippen molar-refractivity contribution in [3.8, 4) is 34.5 Å². The first-order valence-electron chi connectivity index (χ1n) is 21.4. The number of ketones is 1. The fraction of sp³-hybridized carbons (Fsp3) is 0.365. The van der Waals surface area contributed by atoms with Gasteiger partial charge < -0.3 is 44.8 Å². The first-order chi connectivity index (χ1) is 30.0. The van der Waals surface area contributed by atoms with Crippen molar-refractivity contribution in [3.05, 3.63) is 123 Å². The van der Waals surface area contributed by atoms with Gasteiger partial charge >= 0.3 is 11.9 Å². The van der Waals surface area contributed by atoms with E-state index < -0.39 is 46.0 Å². The summed E-state index contributed by atoms with van der Waals surface area (Å²) in [5.74, 6) is -3.26. The summed E-state index contributed by atoms with van der Waals surface area (Å²) in [5.41, 5.74) is -1.04. The van der Waals surface area contributed by atoms with Crippen LogP contribution in [-0.4, -0.2) is 70.8 Å². The molecule has 3 heterocycles. The normalized spacial score (nSPS) is 23.8. The molecule has 6 N–H and O–H groups in total. The molecule has 12 heteroatoms. The third-order valence-corrected chi connectivity index (χ3v) is 12.3. The Morgan fingerprint density at radius 3 is 2.05 bits per heavy atom. The minimum Gasteiger partial charge on any atom is -0.508 e. The van der Waals surface area contributed by atoms with Gasteiger partial charge in [-0.15, -0.1) is 0 Å². The smallest absolute Gasteiger partial charge is 0.340 e. The minimum atomic E-state index is -2.16. The maximum Gasteiger partial charge on any atom is 0.340 e. The standard InChI is InChI=1S/C38H46O9.C14H12O3/c1-21(2)11-10-18-36(8)19-17-24-29(39)28-30(40)26-12-9-13-27-35(6,7)47-37(34(43)44,20-16-23(5)33(41)42)38(26,27)46-32(28)25(31(24)45-36)15-14-22(3)4;15-12-5-3-10(4-6-12)1-2-11-7-13(16)9-14(17)8-11/h11-12,14,16-17,19,27,39H,9-10,13,15,18,20H2,1-8H3,(H,41,42)(H,43,44);1-9,15-17H. The number of hydrogen-bond donors (Lipinski definition) is 6. The molecule has 4 unspecified atom stereocenters. The zero-order chi connectivity index (χ0) is 46.9. The number of aliphatic carboxylic acids is 2. The van der Waals surface area contributed by atoms with Crippen molar-refractivity contribution in [1.29, 1.82) is 0 Å². The summed E-state index contributed by atoms with van der Waals surface area (Å²) < 4.78 is 20.2. The monoisotopic (exact) mass is 874 g/mol. The van der Waals surface area contributed by atoms with Gasteiger partial charge in [-0.1, -0.05) is 59.7 Å². The number of rotatable bonds is 11. The summed E-state index contributed by atoms with van der Waals surface area (Å²) in [6, 6.07) is 11.1. The number of phenolic OH excluding ortho intramolecular Hbond substituents is 4. The van der Waals surface area contributed by atoms with Crippen LogP contribution in [0.15, 0.2) is 95.1 Å². The second-order valence-electron chi connectivity index (χ2n) is 18.2. The molecule has 0 aromatic heterocycles. The number of benzene rings is 3. The molecule has 4 atom stereocenters. The first-order valence-corrected chi connectivity index (χ1v) is 21.4. The van der Waals surface area contributed by atoms with Gasteiger partial charge in [0.1, 0.15) is 45.7 Å². The second kappa shape index (κ2) is 17.9. The van der Waals surface area contributed by atoms with E-state index in [9.17, 15) is 39.9 Å². The van der Waals surface area contributed by atoms with Gasteiger partial charge in [-0.05, 0) is 135 Å². The van der Waals surface area contributed by atoms with E-state index in [1.807, 2.05) is 52.8 Å². The summed E-state index contributed by atoms with van der Waals surface area (Å²) in [4.78, 5) is 40.0. The highest BCUT2D eigenvalue weighted by Crippen LogP contribution is 2.64. The van der Waals surface area contributed by atoms with Gasteiger partial charge in [0.2, 0.25) is 5.60 Å². The molecule has 338 valence electrons. The molecule has 64 heavy (non-hydrogen) atoms. The number of Topliss-reactive ketones (excluding diaryl/α,β-unsaturated/α-hetero) is 1. The first kappa shape index (κ1) is 47.0. The Balaban J connectivity index is 0.000000333. The summed E-state index contributed by atoms with van der Waals surface area (Å²) in [6.45, 7) is 14.9. The van der Waals surface area contributed by atoms with Crippen molar-refractivity contribution in [1.82, 2.24) is 0 Å². The molecule has 3 aromatic rings. The molecule has 1 fully saturated rings. The van der Waals surface area contributed by atoms with Gasteiger partial charge in [-0.3, -0.25) is 4.79 Å². The van der Waals surface area contributed by atoms with Crippen LogP contribution in [0.5, 0.6) is 34.5 Å². The summed E-state index contributed by atoms with van der Waals surface area (Å²) >= 11 is 0. The molecule has 4 aliphatic rings. The van der Waals surface area contributed by atoms with E-state index in [-0.39, 0.29) is 51.9 Å². The number of phenols is 4. The second-order valence-corrected chi connectivity index (χ2v) is 18.2. The predicted molar refractivity (Wildman–Crippen MR) is 245 cm³/mol. The topological polar surface area (TPSA) is 200 Å². The van der Waals surface area contributed by atoms with E-state index in [1.165, 1.54) is 24.6 Å². The van der Waals surface area contributed by atoms with E-state index in [0.717, 1.165) is 17.6 Å². The summed E-state index contributed by atoms with van der Waals surface area (Å²) in [7, 11) is 0. The molecule has 12 nitrogen and oxygen atoms in total. The van der Waals surface area contributed by atoms with Gasteiger partial charge in [0, 0.05) is 35.1 Å². The summed E-state index contributed by atoms with van der Waals surface area (Å²) in [5, 5.41) is 60.1. The van der Waals surface area contributed by atoms with Gasteiger partial charge in [-0.25, -0.2) is 9.59 Å². The number of carboxylic acids is 2. The largest absolute Gasteiger partial charge is 0.508 e. The Morgan fingerprint density at radius 2 is 1.44 bits per heavy atom. The molecule has 7 rings (SSSR count). The Bertz CT molecular complexity index is 2520. The van der Waals surface area contributed by atoms with Gasteiger partial charge in [0.05, 0.1) is 11.2 Å².